The number of hydrogen-bond acceptors (Lipinski definition) is 6. The fourth-order valence-electron chi connectivity index (χ4n) is 3.06. The van der Waals surface area contributed by atoms with Gasteiger partial charge in [-0.2, -0.15) is 12.2 Å². The van der Waals surface area contributed by atoms with E-state index in [0.29, 0.717) is 20.5 Å². The van der Waals surface area contributed by atoms with Crippen LogP contribution in [0.15, 0.2) is 76.5 Å². The predicted molar refractivity (Wildman–Crippen MR) is 117 cm³/mol. The molecule has 0 atom stereocenters. The summed E-state index contributed by atoms with van der Waals surface area (Å²) in [5.41, 5.74) is 2.93. The summed E-state index contributed by atoms with van der Waals surface area (Å²) in [6, 6.07) is 13.5. The van der Waals surface area contributed by atoms with Gasteiger partial charge in [0.2, 0.25) is 0 Å². The van der Waals surface area contributed by atoms with E-state index in [0.717, 1.165) is 11.3 Å². The number of aromatic nitrogens is 1. The van der Waals surface area contributed by atoms with Crippen LogP contribution in [0.4, 0.5) is 17.1 Å². The van der Waals surface area contributed by atoms with Crippen molar-refractivity contribution >= 4 is 49.8 Å². The molecule has 0 fully saturated rings. The molecule has 154 valence electrons. The van der Waals surface area contributed by atoms with Crippen molar-refractivity contribution < 1.29 is 17.6 Å². The molecule has 9 heteroatoms. The first-order valence-corrected chi connectivity index (χ1v) is 10.7. The van der Waals surface area contributed by atoms with Crippen LogP contribution in [0.1, 0.15) is 5.56 Å². The molecular formula is C21H18ClN3O4S. The molecule has 4 rings (SSSR count). The van der Waals surface area contributed by atoms with Gasteiger partial charge in [-0.3, -0.25) is 4.98 Å². The van der Waals surface area contributed by atoms with E-state index in [1.807, 2.05) is 0 Å². The number of nitrogens with one attached hydrogen (secondary N) is 1. The second-order valence-corrected chi connectivity index (χ2v) is 8.86. The van der Waals surface area contributed by atoms with E-state index in [-0.39, 0.29) is 16.3 Å². The molecular weight excluding hydrogens is 426 g/mol. The number of nitrogens with zero attached hydrogens (tertiary/aromatic N) is 2. The number of rotatable bonds is 6. The Hall–Kier alpha value is -3.23. The number of pyridine rings is 1. The monoisotopic (exact) mass is 443 g/mol. The number of ether oxygens (including phenoxy) is 1. The Labute approximate surface area is 179 Å². The molecule has 0 aliphatic carbocycles. The molecule has 2 aromatic heterocycles. The Balaban J connectivity index is 1.80. The number of benzene rings is 2. The minimum Gasteiger partial charge on any atom is -0.495 e. The molecule has 7 nitrogen and oxygen atoms in total. The maximum absolute atomic E-state index is 13.3. The molecule has 0 amide bonds. The van der Waals surface area contributed by atoms with Crippen LogP contribution in [-0.4, -0.2) is 20.5 Å². The third kappa shape index (κ3) is 3.67. The van der Waals surface area contributed by atoms with E-state index >= 15 is 0 Å². The third-order valence-electron chi connectivity index (χ3n) is 4.51. The summed E-state index contributed by atoms with van der Waals surface area (Å²) >= 11 is 6.38. The van der Waals surface area contributed by atoms with Gasteiger partial charge in [0, 0.05) is 35.2 Å². The number of methoxy groups -OCH3 is 1. The number of hydrogen-bond donors (Lipinski definition) is 1. The van der Waals surface area contributed by atoms with Crippen molar-refractivity contribution in [3.05, 3.63) is 72.8 Å². The topological polar surface area (TPSA) is 84.7 Å². The highest BCUT2D eigenvalue weighted by atomic mass is 35.5. The van der Waals surface area contributed by atoms with Gasteiger partial charge in [-0.05, 0) is 55.0 Å². The summed E-state index contributed by atoms with van der Waals surface area (Å²) in [6.45, 7) is 1.80. The minimum atomic E-state index is -4.09. The lowest BCUT2D eigenvalue weighted by atomic mass is 10.2. The highest BCUT2D eigenvalue weighted by Gasteiger charge is 2.28. The van der Waals surface area contributed by atoms with Crippen LogP contribution in [-0.2, 0) is 10.0 Å². The molecule has 2 aromatic carbocycles. The Bertz CT molecular complexity index is 1310. The highest BCUT2D eigenvalue weighted by Crippen LogP contribution is 2.37. The van der Waals surface area contributed by atoms with Gasteiger partial charge >= 0.3 is 0 Å². The van der Waals surface area contributed by atoms with Crippen LogP contribution in [0.5, 0.6) is 5.75 Å². The van der Waals surface area contributed by atoms with Gasteiger partial charge in [0.25, 0.3) is 10.0 Å². The quantitative estimate of drug-likeness (QED) is 0.410. The van der Waals surface area contributed by atoms with Crippen LogP contribution in [0, 0.1) is 6.92 Å². The van der Waals surface area contributed by atoms with Crippen molar-refractivity contribution in [2.24, 2.45) is 0 Å². The van der Waals surface area contributed by atoms with E-state index < -0.39 is 10.0 Å². The van der Waals surface area contributed by atoms with Crippen LogP contribution in [0.2, 0.25) is 0 Å². The van der Waals surface area contributed by atoms with E-state index in [2.05, 4.69) is 10.3 Å². The Morgan fingerprint density at radius 1 is 1.10 bits per heavy atom. The second-order valence-electron chi connectivity index (χ2n) is 6.57. The molecule has 0 aliphatic rings. The lowest BCUT2D eigenvalue weighted by Gasteiger charge is -2.19. The van der Waals surface area contributed by atoms with Crippen molar-refractivity contribution in [1.29, 1.82) is 0 Å². The summed E-state index contributed by atoms with van der Waals surface area (Å²) in [5.74, 6) is 0.214. The van der Waals surface area contributed by atoms with Gasteiger partial charge in [0.1, 0.15) is 10.6 Å². The minimum absolute atomic E-state index is 0.0177. The first-order valence-electron chi connectivity index (χ1n) is 8.94. The number of anilines is 3. The average Bonchev–Trinajstić information content (AvgIpc) is 3.23. The lowest BCUT2D eigenvalue weighted by Crippen LogP contribution is -2.22. The van der Waals surface area contributed by atoms with E-state index in [4.69, 9.17) is 20.9 Å². The zero-order chi connectivity index (χ0) is 21.3. The Morgan fingerprint density at radius 2 is 1.87 bits per heavy atom. The maximum atomic E-state index is 13.3. The highest BCUT2D eigenvalue weighted by molar-refractivity contribution is 7.94. The first-order chi connectivity index (χ1) is 14.4. The predicted octanol–water partition coefficient (Wildman–Crippen LogP) is 5.24. The third-order valence-corrected chi connectivity index (χ3v) is 6.75. The van der Waals surface area contributed by atoms with E-state index in [9.17, 15) is 8.42 Å². The summed E-state index contributed by atoms with van der Waals surface area (Å²) in [5, 5.41) is 3.91. The van der Waals surface area contributed by atoms with Gasteiger partial charge in [-0.15, -0.1) is 0 Å². The second kappa shape index (κ2) is 7.89. The fraction of sp³-hybridized carbons (Fsp3) is 0.0952. The normalized spacial score (nSPS) is 11.4. The zero-order valence-corrected chi connectivity index (χ0v) is 17.7. The average molecular weight is 444 g/mol. The molecule has 30 heavy (non-hydrogen) atoms. The molecule has 0 unspecified atom stereocenters. The molecule has 0 radical (unpaired) electrons. The van der Waals surface area contributed by atoms with Gasteiger partial charge < -0.3 is 14.5 Å². The lowest BCUT2D eigenvalue weighted by molar-refractivity contribution is 0.402. The van der Waals surface area contributed by atoms with E-state index in [1.54, 1.807) is 61.8 Å². The maximum Gasteiger partial charge on any atom is 0.281 e. The molecule has 0 spiro atoms. The smallest absolute Gasteiger partial charge is 0.281 e. The Morgan fingerprint density at radius 3 is 2.60 bits per heavy atom. The molecule has 2 heterocycles. The van der Waals surface area contributed by atoms with Crippen molar-refractivity contribution in [1.82, 2.24) is 4.98 Å². The molecule has 1 N–H and O–H groups in total. The van der Waals surface area contributed by atoms with Crippen molar-refractivity contribution in [3.8, 4) is 5.75 Å². The van der Waals surface area contributed by atoms with Gasteiger partial charge in [-0.25, -0.2) is 0 Å². The van der Waals surface area contributed by atoms with Gasteiger partial charge in [-0.1, -0.05) is 6.07 Å². The summed E-state index contributed by atoms with van der Waals surface area (Å²) in [7, 11) is -2.68. The zero-order valence-electron chi connectivity index (χ0n) is 16.2. The standard InChI is InChI=1S/C21H18ClN3O4S/c1-14-3-4-19(28-2)20(11-14)30(26,27)25(22)17-12-15-7-10-29-21(15)18(13-17)24-16-5-8-23-9-6-16/h3-13H,1-2H3,(H,23,24). The Kier molecular flexibility index (Phi) is 5.27. The SMILES string of the molecule is COc1ccc(C)cc1S(=O)(=O)N(Cl)c1cc(Nc2ccncc2)c2occc2c1. The van der Waals surface area contributed by atoms with Crippen LogP contribution >= 0.6 is 11.8 Å². The molecule has 0 bridgehead atoms. The first kappa shape index (κ1) is 20.1. The summed E-state index contributed by atoms with van der Waals surface area (Å²) in [6.07, 6.45) is 4.82. The summed E-state index contributed by atoms with van der Waals surface area (Å²) in [4.78, 5) is 3.97. The number of aryl methyl sites for hydroxylation is 1. The van der Waals surface area contributed by atoms with Gasteiger partial charge in [0.05, 0.1) is 24.7 Å². The van der Waals surface area contributed by atoms with Crippen molar-refractivity contribution in [2.75, 3.05) is 16.3 Å². The van der Waals surface area contributed by atoms with E-state index in [1.165, 1.54) is 19.4 Å². The van der Waals surface area contributed by atoms with Crippen LogP contribution in [0.25, 0.3) is 11.0 Å². The van der Waals surface area contributed by atoms with Crippen molar-refractivity contribution in [3.63, 3.8) is 0 Å². The van der Waals surface area contributed by atoms with Crippen LogP contribution < -0.4 is 13.9 Å². The fourth-order valence-corrected chi connectivity index (χ4v) is 4.68. The molecule has 0 saturated heterocycles. The number of sulfonamides is 1. The number of halogens is 1. The molecule has 0 saturated carbocycles. The molecule has 0 aliphatic heterocycles. The van der Waals surface area contributed by atoms with Crippen LogP contribution in [0.3, 0.4) is 0 Å². The number of fused-ring (bicyclic) bond motifs is 1. The largest absolute Gasteiger partial charge is 0.495 e. The van der Waals surface area contributed by atoms with Crippen molar-refractivity contribution in [2.45, 2.75) is 11.8 Å². The number of furan rings is 1. The molecule has 4 aromatic rings. The van der Waals surface area contributed by atoms with Gasteiger partial charge in [0.15, 0.2) is 5.58 Å². The summed E-state index contributed by atoms with van der Waals surface area (Å²) < 4.78 is 38.1.